The molecule has 0 radical (unpaired) electrons. The number of rotatable bonds is 4. The van der Waals surface area contributed by atoms with Crippen molar-refractivity contribution in [1.29, 1.82) is 0 Å². The van der Waals surface area contributed by atoms with Crippen LogP contribution < -0.4 is 21.7 Å². The number of ether oxygens (including phenoxy) is 3. The minimum atomic E-state index is -2.00. The molecule has 2 saturated heterocycles. The van der Waals surface area contributed by atoms with E-state index in [1.165, 1.54) is 6.92 Å². The molecule has 11 atom stereocenters. The molecule has 11 nitrogen and oxygen atoms in total. The maximum atomic E-state index is 12.1. The first-order chi connectivity index (χ1) is 13.1. The Balaban J connectivity index is 1.90. The molecule has 0 aromatic rings. The van der Waals surface area contributed by atoms with E-state index in [9.17, 15) is 20.1 Å². The number of nitrogens with two attached hydrogens (primary N) is 1. The van der Waals surface area contributed by atoms with Crippen LogP contribution in [0.4, 0.5) is 0 Å². The van der Waals surface area contributed by atoms with Crippen molar-refractivity contribution in [3.63, 3.8) is 0 Å². The van der Waals surface area contributed by atoms with Crippen LogP contribution in [0.15, 0.2) is 0 Å². The molecule has 0 aromatic carbocycles. The number of hydrogen-bond donors (Lipinski definition) is 7. The van der Waals surface area contributed by atoms with Gasteiger partial charge in [-0.25, -0.2) is 0 Å². The summed E-state index contributed by atoms with van der Waals surface area (Å²) in [5.41, 5.74) is 5.64. The van der Waals surface area contributed by atoms with Crippen LogP contribution >= 0.6 is 0 Å². The van der Waals surface area contributed by atoms with Crippen LogP contribution in [0.3, 0.4) is 0 Å². The predicted molar refractivity (Wildman–Crippen MR) is 96.9 cm³/mol. The molecule has 0 aromatic heterocycles. The highest BCUT2D eigenvalue weighted by atomic mass is 16.8. The van der Waals surface area contributed by atoms with E-state index in [1.807, 2.05) is 0 Å². The van der Waals surface area contributed by atoms with Gasteiger partial charge < -0.3 is 51.2 Å². The summed E-state index contributed by atoms with van der Waals surface area (Å²) >= 11 is 0. The molecule has 0 spiro atoms. The Bertz CT molecular complexity index is 582. The van der Waals surface area contributed by atoms with Crippen LogP contribution in [0.1, 0.15) is 20.3 Å². The SMILES string of the molecule is CNC1C2O[C@@]3(O)C(NC(=O)[C@@H](C)N)C[C@@H](C)OC3OC2[C@@H](O)[C@H](NC)[C@@H]1O. The van der Waals surface area contributed by atoms with Crippen molar-refractivity contribution in [2.24, 2.45) is 5.73 Å². The zero-order valence-electron chi connectivity index (χ0n) is 16.5. The first-order valence-electron chi connectivity index (χ1n) is 9.61. The number of nitrogens with one attached hydrogen (secondary N) is 3. The first-order valence-corrected chi connectivity index (χ1v) is 9.61. The van der Waals surface area contributed by atoms with E-state index in [-0.39, 0.29) is 12.5 Å². The Hall–Kier alpha value is -0.890. The van der Waals surface area contributed by atoms with Crippen LogP contribution in [0.5, 0.6) is 0 Å². The summed E-state index contributed by atoms with van der Waals surface area (Å²) in [6.07, 6.45) is -5.13. The summed E-state index contributed by atoms with van der Waals surface area (Å²) in [5, 5.41) is 41.2. The number of carbonyl (C=O) groups is 1. The second-order valence-corrected chi connectivity index (χ2v) is 7.91. The van der Waals surface area contributed by atoms with E-state index in [2.05, 4.69) is 16.0 Å². The second kappa shape index (κ2) is 8.09. The molecule has 2 aliphatic heterocycles. The Labute approximate surface area is 163 Å². The lowest BCUT2D eigenvalue weighted by molar-refractivity contribution is -0.449. The number of likely N-dealkylation sites (N-methyl/N-ethyl adjacent to an activating group) is 2. The smallest absolute Gasteiger partial charge is 0.239 e. The third kappa shape index (κ3) is 3.55. The molecule has 28 heavy (non-hydrogen) atoms. The van der Waals surface area contributed by atoms with Gasteiger partial charge in [0.15, 0.2) is 0 Å². The van der Waals surface area contributed by atoms with Gasteiger partial charge in [-0.05, 0) is 34.4 Å². The minimum Gasteiger partial charge on any atom is -0.390 e. The Morgan fingerprint density at radius 1 is 1.14 bits per heavy atom. The van der Waals surface area contributed by atoms with Crippen molar-refractivity contribution in [2.45, 2.75) is 87.0 Å². The van der Waals surface area contributed by atoms with Gasteiger partial charge in [0.1, 0.15) is 18.3 Å². The summed E-state index contributed by atoms with van der Waals surface area (Å²) < 4.78 is 17.7. The fourth-order valence-electron chi connectivity index (χ4n) is 4.32. The number of hydrogen-bond acceptors (Lipinski definition) is 10. The molecule has 8 N–H and O–H groups in total. The maximum Gasteiger partial charge on any atom is 0.239 e. The van der Waals surface area contributed by atoms with Crippen LogP contribution in [0, 0.1) is 0 Å². The number of amides is 1. The van der Waals surface area contributed by atoms with Crippen LogP contribution in [-0.2, 0) is 19.0 Å². The Kier molecular flexibility index (Phi) is 6.30. The largest absolute Gasteiger partial charge is 0.390 e. The van der Waals surface area contributed by atoms with Crippen LogP contribution in [-0.4, -0.2) is 102 Å². The molecule has 162 valence electrons. The van der Waals surface area contributed by atoms with E-state index in [0.717, 1.165) is 0 Å². The molecule has 1 saturated carbocycles. The lowest BCUT2D eigenvalue weighted by Crippen LogP contribution is -2.79. The van der Waals surface area contributed by atoms with Gasteiger partial charge in [-0.1, -0.05) is 0 Å². The third-order valence-corrected chi connectivity index (χ3v) is 5.88. The quantitative estimate of drug-likeness (QED) is 0.248. The molecular formula is C17H32N4O7. The molecule has 0 bridgehead atoms. The van der Waals surface area contributed by atoms with Crippen molar-refractivity contribution < 1.29 is 34.3 Å². The fraction of sp³-hybridized carbons (Fsp3) is 0.941. The molecule has 3 fully saturated rings. The third-order valence-electron chi connectivity index (χ3n) is 5.88. The average Bonchev–Trinajstić information content (AvgIpc) is 2.62. The zero-order chi connectivity index (χ0) is 20.8. The number of carbonyl (C=O) groups excluding carboxylic acids is 1. The maximum absolute atomic E-state index is 12.1. The highest BCUT2D eigenvalue weighted by Gasteiger charge is 2.63. The topological polar surface area (TPSA) is 168 Å². The summed E-state index contributed by atoms with van der Waals surface area (Å²) in [4.78, 5) is 12.1. The van der Waals surface area contributed by atoms with E-state index in [4.69, 9.17) is 19.9 Å². The number of fused-ring (bicyclic) bond motifs is 2. The Morgan fingerprint density at radius 2 is 1.79 bits per heavy atom. The lowest BCUT2D eigenvalue weighted by Gasteiger charge is -2.58. The summed E-state index contributed by atoms with van der Waals surface area (Å²) in [6.45, 7) is 3.32. The number of aliphatic hydroxyl groups is 3. The highest BCUT2D eigenvalue weighted by molar-refractivity contribution is 5.81. The standard InChI is InChI=1S/C17H32N4O7/c1-6-5-8(21-15(24)7(2)18)17(25)16(26-6)27-14-12(23)9(19-3)11(22)10(20-4)13(14)28-17/h6-14,16,19-20,22-23,25H,5,18H2,1-4H3,(H,21,24)/t6-,7-,8?,9-,10?,11+,12+,13?,14?,16?,17+/m1/s1. The summed E-state index contributed by atoms with van der Waals surface area (Å²) in [6, 6.07) is -2.91. The van der Waals surface area contributed by atoms with Gasteiger partial charge in [0.25, 0.3) is 0 Å². The second-order valence-electron chi connectivity index (χ2n) is 7.91. The minimum absolute atomic E-state index is 0.278. The molecular weight excluding hydrogens is 372 g/mol. The molecule has 5 unspecified atom stereocenters. The molecule has 1 amide bonds. The van der Waals surface area contributed by atoms with Crippen molar-refractivity contribution in [3.8, 4) is 0 Å². The van der Waals surface area contributed by atoms with Crippen molar-refractivity contribution in [1.82, 2.24) is 16.0 Å². The molecule has 2 heterocycles. The van der Waals surface area contributed by atoms with Gasteiger partial charge in [0.2, 0.25) is 18.0 Å². The van der Waals surface area contributed by atoms with E-state index < -0.39 is 66.6 Å². The van der Waals surface area contributed by atoms with Gasteiger partial charge in [-0.15, -0.1) is 0 Å². The predicted octanol–water partition coefficient (Wildman–Crippen LogP) is -3.66. The van der Waals surface area contributed by atoms with Crippen molar-refractivity contribution in [3.05, 3.63) is 0 Å². The average molecular weight is 404 g/mol. The molecule has 3 rings (SSSR count). The summed E-state index contributed by atoms with van der Waals surface area (Å²) in [5.74, 6) is -2.44. The van der Waals surface area contributed by atoms with E-state index in [0.29, 0.717) is 0 Å². The van der Waals surface area contributed by atoms with Gasteiger partial charge in [0, 0.05) is 0 Å². The molecule has 11 heteroatoms. The van der Waals surface area contributed by atoms with Crippen LogP contribution in [0.2, 0.25) is 0 Å². The lowest BCUT2D eigenvalue weighted by atomic mass is 9.79. The fourth-order valence-corrected chi connectivity index (χ4v) is 4.32. The zero-order valence-corrected chi connectivity index (χ0v) is 16.5. The van der Waals surface area contributed by atoms with Gasteiger partial charge in [0.05, 0.1) is 36.4 Å². The highest BCUT2D eigenvalue weighted by Crippen LogP contribution is 2.41. The van der Waals surface area contributed by atoms with E-state index in [1.54, 1.807) is 21.0 Å². The van der Waals surface area contributed by atoms with Gasteiger partial charge in [-0.3, -0.25) is 4.79 Å². The number of aliphatic hydroxyl groups excluding tert-OH is 2. The molecule has 3 aliphatic rings. The van der Waals surface area contributed by atoms with E-state index >= 15 is 0 Å². The summed E-state index contributed by atoms with van der Waals surface area (Å²) in [7, 11) is 3.27. The van der Waals surface area contributed by atoms with Gasteiger partial charge >= 0.3 is 0 Å². The first kappa shape index (κ1) is 21.8. The normalized spacial score (nSPS) is 49.6. The Morgan fingerprint density at radius 3 is 2.36 bits per heavy atom. The molecule has 1 aliphatic carbocycles. The monoisotopic (exact) mass is 404 g/mol. The van der Waals surface area contributed by atoms with Crippen molar-refractivity contribution >= 4 is 5.91 Å². The van der Waals surface area contributed by atoms with Crippen molar-refractivity contribution in [2.75, 3.05) is 14.1 Å². The van der Waals surface area contributed by atoms with Gasteiger partial charge in [-0.2, -0.15) is 0 Å². The van der Waals surface area contributed by atoms with Crippen LogP contribution in [0.25, 0.3) is 0 Å².